The number of aliphatic imine (C=N–C) groups is 1. The summed E-state index contributed by atoms with van der Waals surface area (Å²) in [6.07, 6.45) is 3.01. The number of hydrogen-bond donors (Lipinski definition) is 2. The number of rotatable bonds is 9. The van der Waals surface area contributed by atoms with Crippen LogP contribution < -0.4 is 10.6 Å². The Morgan fingerprint density at radius 3 is 2.62 bits per heavy atom. The average Bonchev–Trinajstić information content (AvgIpc) is 3.28. The van der Waals surface area contributed by atoms with Gasteiger partial charge in [-0.15, -0.1) is 0 Å². The van der Waals surface area contributed by atoms with E-state index >= 15 is 0 Å². The lowest BCUT2D eigenvalue weighted by atomic mass is 10.1. The van der Waals surface area contributed by atoms with Crippen LogP contribution in [0.5, 0.6) is 0 Å². The maximum atomic E-state index is 12.4. The molecule has 2 aromatic rings. The topological polar surface area (TPSA) is 90.9 Å². The summed E-state index contributed by atoms with van der Waals surface area (Å²) in [6.45, 7) is 2.32. The summed E-state index contributed by atoms with van der Waals surface area (Å²) in [7, 11) is -1.91. The van der Waals surface area contributed by atoms with Crippen LogP contribution in [0.15, 0.2) is 64.5 Å². The molecular formula is C22H24Cl2N4O3S. The monoisotopic (exact) mass is 494 g/mol. The number of nitrogens with zero attached hydrogens (tertiary/aromatic N) is 2. The van der Waals surface area contributed by atoms with E-state index in [1.165, 1.54) is 24.3 Å². The molecule has 170 valence electrons. The van der Waals surface area contributed by atoms with Gasteiger partial charge in [-0.2, -0.15) is 0 Å². The molecule has 0 atom stereocenters. The summed E-state index contributed by atoms with van der Waals surface area (Å²) < 4.78 is 24.8. The van der Waals surface area contributed by atoms with E-state index in [-0.39, 0.29) is 28.2 Å². The van der Waals surface area contributed by atoms with E-state index < -0.39 is 9.84 Å². The number of amidine groups is 1. The van der Waals surface area contributed by atoms with Crippen molar-refractivity contribution in [2.45, 2.75) is 11.4 Å². The second kappa shape index (κ2) is 11.0. The first kappa shape index (κ1) is 24.3. The lowest BCUT2D eigenvalue weighted by Gasteiger charge is -2.15. The summed E-state index contributed by atoms with van der Waals surface area (Å²) in [6, 6.07) is 12.1. The van der Waals surface area contributed by atoms with Crippen molar-refractivity contribution in [1.29, 1.82) is 0 Å². The van der Waals surface area contributed by atoms with Gasteiger partial charge in [0.2, 0.25) is 5.91 Å². The Hall–Kier alpha value is -2.39. The molecule has 0 radical (unpaired) electrons. The van der Waals surface area contributed by atoms with E-state index in [1.54, 1.807) is 18.0 Å². The van der Waals surface area contributed by atoms with Crippen LogP contribution in [-0.2, 0) is 21.2 Å². The number of carbonyl (C=O) groups is 1. The van der Waals surface area contributed by atoms with Crippen LogP contribution in [0.2, 0.25) is 10.0 Å². The first-order valence-corrected chi connectivity index (χ1v) is 12.3. The lowest BCUT2D eigenvalue weighted by Crippen LogP contribution is -2.26. The molecule has 1 heterocycles. The molecule has 0 saturated carbocycles. The zero-order valence-corrected chi connectivity index (χ0v) is 19.8. The van der Waals surface area contributed by atoms with Crippen LogP contribution in [0.3, 0.4) is 0 Å². The molecule has 0 aromatic heterocycles. The molecular weight excluding hydrogens is 471 g/mol. The molecule has 0 bridgehead atoms. The van der Waals surface area contributed by atoms with Crippen molar-refractivity contribution in [2.24, 2.45) is 4.99 Å². The highest BCUT2D eigenvalue weighted by molar-refractivity contribution is 7.91. The largest absolute Gasteiger partial charge is 0.368 e. The number of benzene rings is 2. The summed E-state index contributed by atoms with van der Waals surface area (Å²) in [5.74, 6) is 0.410. The molecule has 32 heavy (non-hydrogen) atoms. The Bertz CT molecular complexity index is 1130. The smallest absolute Gasteiger partial charge is 0.246 e. The van der Waals surface area contributed by atoms with Crippen LogP contribution in [0.4, 0.5) is 0 Å². The fourth-order valence-corrected chi connectivity index (χ4v) is 5.01. The number of likely N-dealkylation sites (N-methyl/N-ethyl adjacent to an activating group) is 1. The average molecular weight is 495 g/mol. The second-order valence-electron chi connectivity index (χ2n) is 7.24. The Kier molecular flexibility index (Phi) is 8.31. The molecule has 0 spiro atoms. The van der Waals surface area contributed by atoms with Crippen LogP contribution >= 0.6 is 23.2 Å². The van der Waals surface area contributed by atoms with Crippen LogP contribution in [-0.4, -0.2) is 57.6 Å². The molecule has 0 fully saturated rings. The minimum absolute atomic E-state index is 0.0117. The van der Waals surface area contributed by atoms with Gasteiger partial charge < -0.3 is 10.2 Å². The number of sulfone groups is 1. The van der Waals surface area contributed by atoms with E-state index in [2.05, 4.69) is 15.6 Å². The molecule has 2 aromatic carbocycles. The fraction of sp³-hybridized carbons (Fsp3) is 0.273. The Morgan fingerprint density at radius 2 is 1.97 bits per heavy atom. The summed E-state index contributed by atoms with van der Waals surface area (Å²) >= 11 is 11.8. The predicted molar refractivity (Wildman–Crippen MR) is 128 cm³/mol. The standard InChI is InChI=1S/C22H24Cl2N4O3S/c1-28(14-16-4-6-17(7-5-16)22-26-11-12-27-22)21(29)3-2-10-25-15-32(30,31)20-9-8-18(23)13-19(20)24/h2-9,13,25H,10-12,14-15H2,1H3,(H,26,27)/b3-2+. The summed E-state index contributed by atoms with van der Waals surface area (Å²) in [5.41, 5.74) is 2.03. The van der Waals surface area contributed by atoms with Gasteiger partial charge in [-0.05, 0) is 23.8 Å². The minimum atomic E-state index is -3.62. The molecule has 2 N–H and O–H groups in total. The van der Waals surface area contributed by atoms with E-state index in [1.807, 2.05) is 24.3 Å². The third kappa shape index (κ3) is 6.56. The first-order valence-electron chi connectivity index (χ1n) is 9.94. The van der Waals surface area contributed by atoms with Gasteiger partial charge in [0.25, 0.3) is 0 Å². The van der Waals surface area contributed by atoms with Crippen molar-refractivity contribution >= 4 is 44.8 Å². The number of carbonyl (C=O) groups excluding carboxylic acids is 1. The number of hydrogen-bond acceptors (Lipinski definition) is 6. The van der Waals surface area contributed by atoms with E-state index in [9.17, 15) is 13.2 Å². The molecule has 1 amide bonds. The normalized spacial score (nSPS) is 13.8. The van der Waals surface area contributed by atoms with Gasteiger partial charge in [-0.25, -0.2) is 8.42 Å². The third-order valence-electron chi connectivity index (χ3n) is 4.74. The first-order chi connectivity index (χ1) is 15.3. The molecule has 10 heteroatoms. The fourth-order valence-electron chi connectivity index (χ4n) is 3.08. The second-order valence-corrected chi connectivity index (χ2v) is 10.0. The van der Waals surface area contributed by atoms with Crippen molar-refractivity contribution < 1.29 is 13.2 Å². The van der Waals surface area contributed by atoms with E-state index in [0.717, 1.165) is 30.1 Å². The van der Waals surface area contributed by atoms with Crippen molar-refractivity contribution in [2.75, 3.05) is 32.6 Å². The van der Waals surface area contributed by atoms with Gasteiger partial charge in [-0.3, -0.25) is 15.1 Å². The van der Waals surface area contributed by atoms with E-state index in [0.29, 0.717) is 11.6 Å². The van der Waals surface area contributed by atoms with Gasteiger partial charge >= 0.3 is 0 Å². The van der Waals surface area contributed by atoms with Crippen molar-refractivity contribution in [3.8, 4) is 0 Å². The van der Waals surface area contributed by atoms with Crippen LogP contribution in [0, 0.1) is 0 Å². The third-order valence-corrected chi connectivity index (χ3v) is 7.01. The zero-order chi connectivity index (χ0) is 23.1. The molecule has 0 saturated heterocycles. The highest BCUT2D eigenvalue weighted by Gasteiger charge is 2.17. The van der Waals surface area contributed by atoms with E-state index in [4.69, 9.17) is 23.2 Å². The quantitative estimate of drug-likeness (QED) is 0.413. The number of halogens is 2. The molecule has 0 aliphatic carbocycles. The van der Waals surface area contributed by atoms with Crippen molar-refractivity contribution in [3.63, 3.8) is 0 Å². The maximum Gasteiger partial charge on any atom is 0.246 e. The molecule has 1 aliphatic heterocycles. The Labute approximate surface area is 198 Å². The van der Waals surface area contributed by atoms with Gasteiger partial charge in [-0.1, -0.05) is 53.5 Å². The van der Waals surface area contributed by atoms with Gasteiger partial charge in [0, 0.05) is 43.3 Å². The Balaban J connectivity index is 1.45. The lowest BCUT2D eigenvalue weighted by molar-refractivity contribution is -0.125. The SMILES string of the molecule is CN(Cc1ccc(C2=NCCN2)cc1)C(=O)/C=C/CNCS(=O)(=O)c1ccc(Cl)cc1Cl. The molecule has 0 unspecified atom stereocenters. The predicted octanol–water partition coefficient (Wildman–Crippen LogP) is 2.88. The molecule has 7 nitrogen and oxygen atoms in total. The molecule has 1 aliphatic rings. The summed E-state index contributed by atoms with van der Waals surface area (Å²) in [5, 5.41) is 6.46. The minimum Gasteiger partial charge on any atom is -0.368 e. The summed E-state index contributed by atoms with van der Waals surface area (Å²) in [4.78, 5) is 18.3. The van der Waals surface area contributed by atoms with Gasteiger partial charge in [0.15, 0.2) is 9.84 Å². The highest BCUT2D eigenvalue weighted by Crippen LogP contribution is 2.25. The van der Waals surface area contributed by atoms with Crippen LogP contribution in [0.1, 0.15) is 11.1 Å². The van der Waals surface area contributed by atoms with Crippen molar-refractivity contribution in [1.82, 2.24) is 15.5 Å². The van der Waals surface area contributed by atoms with Gasteiger partial charge in [0.05, 0.1) is 16.5 Å². The highest BCUT2D eigenvalue weighted by atomic mass is 35.5. The zero-order valence-electron chi connectivity index (χ0n) is 17.5. The van der Waals surface area contributed by atoms with Gasteiger partial charge in [0.1, 0.15) is 11.7 Å². The molecule has 3 rings (SSSR count). The Morgan fingerprint density at radius 1 is 1.22 bits per heavy atom. The van der Waals surface area contributed by atoms with Crippen molar-refractivity contribution in [3.05, 3.63) is 75.8 Å². The number of nitrogens with one attached hydrogen (secondary N) is 2. The number of amides is 1. The maximum absolute atomic E-state index is 12.4. The van der Waals surface area contributed by atoms with Crippen LogP contribution in [0.25, 0.3) is 0 Å².